The molecule has 0 saturated carbocycles. The first kappa shape index (κ1) is 24.2. The second-order valence-electron chi connectivity index (χ2n) is 9.83. The van der Waals surface area contributed by atoms with Crippen molar-refractivity contribution in [2.24, 2.45) is 0 Å². The van der Waals surface area contributed by atoms with Gasteiger partial charge in [0.25, 0.3) is 5.78 Å². The van der Waals surface area contributed by atoms with E-state index >= 15 is 0 Å². The second-order valence-corrected chi connectivity index (χ2v) is 10.8. The molecular formula is C30H26N2O5S. The quantitative estimate of drug-likeness (QED) is 0.203. The van der Waals surface area contributed by atoms with Gasteiger partial charge in [-0.1, -0.05) is 29.5 Å². The molecule has 0 bridgehead atoms. The van der Waals surface area contributed by atoms with Gasteiger partial charge in [0.05, 0.1) is 28.9 Å². The monoisotopic (exact) mass is 526 g/mol. The summed E-state index contributed by atoms with van der Waals surface area (Å²) in [4.78, 5) is 33.4. The lowest BCUT2D eigenvalue weighted by Crippen LogP contribution is -2.29. The van der Waals surface area contributed by atoms with Crippen LogP contribution < -0.4 is 14.4 Å². The minimum atomic E-state index is -0.879. The highest BCUT2D eigenvalue weighted by Crippen LogP contribution is 2.45. The highest BCUT2D eigenvalue weighted by molar-refractivity contribution is 7.22. The fourth-order valence-corrected chi connectivity index (χ4v) is 6.51. The number of thiazole rings is 1. The van der Waals surface area contributed by atoms with Gasteiger partial charge in [-0.15, -0.1) is 0 Å². The molecule has 1 fully saturated rings. The SMILES string of the molecule is COc1cccc([C@H]2/C(=C(\O)c3ccc4c(c3)C[C@H](C)O4)C(=O)C(=O)N2c2nc3c(C)cc(C)cc3s2)c1. The van der Waals surface area contributed by atoms with E-state index in [4.69, 9.17) is 14.5 Å². The lowest BCUT2D eigenvalue weighted by atomic mass is 9.94. The summed E-state index contributed by atoms with van der Waals surface area (Å²) in [6.07, 6.45) is 0.741. The number of aliphatic hydroxyl groups excluding tert-OH is 1. The number of rotatable bonds is 4. The number of aryl methyl sites for hydroxylation is 2. The molecule has 0 unspecified atom stereocenters. The van der Waals surface area contributed by atoms with Gasteiger partial charge in [-0.3, -0.25) is 14.5 Å². The molecule has 192 valence electrons. The number of ketones is 1. The summed E-state index contributed by atoms with van der Waals surface area (Å²) < 4.78 is 12.2. The summed E-state index contributed by atoms with van der Waals surface area (Å²) in [5, 5.41) is 11.9. The molecule has 1 N–H and O–H groups in total. The molecule has 6 rings (SSSR count). The first-order valence-electron chi connectivity index (χ1n) is 12.4. The molecule has 7 nitrogen and oxygen atoms in total. The van der Waals surface area contributed by atoms with Crippen LogP contribution in [0.1, 0.15) is 40.8 Å². The van der Waals surface area contributed by atoms with Crippen molar-refractivity contribution in [1.82, 2.24) is 4.98 Å². The smallest absolute Gasteiger partial charge is 0.301 e. The third-order valence-electron chi connectivity index (χ3n) is 7.05. The predicted octanol–water partition coefficient (Wildman–Crippen LogP) is 5.87. The summed E-state index contributed by atoms with van der Waals surface area (Å²) in [5.41, 5.74) is 4.93. The molecule has 1 saturated heterocycles. The number of benzene rings is 3. The normalized spacial score (nSPS) is 20.2. The maximum Gasteiger partial charge on any atom is 0.301 e. The number of hydrogen-bond acceptors (Lipinski definition) is 7. The largest absolute Gasteiger partial charge is 0.507 e. The van der Waals surface area contributed by atoms with E-state index in [2.05, 4.69) is 0 Å². The van der Waals surface area contributed by atoms with Gasteiger partial charge in [0.1, 0.15) is 23.4 Å². The van der Waals surface area contributed by atoms with Crippen LogP contribution in [-0.4, -0.2) is 35.0 Å². The highest BCUT2D eigenvalue weighted by Gasteiger charge is 2.48. The lowest BCUT2D eigenvalue weighted by Gasteiger charge is -2.23. The number of amides is 1. The third-order valence-corrected chi connectivity index (χ3v) is 8.05. The number of hydrogen-bond donors (Lipinski definition) is 1. The Balaban J connectivity index is 1.55. The number of aromatic nitrogens is 1. The minimum Gasteiger partial charge on any atom is -0.507 e. The van der Waals surface area contributed by atoms with Crippen LogP contribution in [0, 0.1) is 13.8 Å². The predicted molar refractivity (Wildman–Crippen MR) is 147 cm³/mol. The van der Waals surface area contributed by atoms with Gasteiger partial charge >= 0.3 is 5.91 Å². The zero-order valence-corrected chi connectivity index (χ0v) is 22.3. The maximum absolute atomic E-state index is 13.6. The molecular weight excluding hydrogens is 500 g/mol. The standard InChI is InChI=1S/C30H26N2O5S/c1-15-10-16(2)25-23(11-15)38-30(31-25)32-26(18-6-5-7-21(14-18)36-4)24(28(34)29(32)35)27(33)19-8-9-22-20(13-19)12-17(3)37-22/h5-11,13-14,17,26,33H,12H2,1-4H3/b27-24+/t17-,26-/m0/s1. The molecule has 4 aromatic rings. The molecule has 8 heteroatoms. The topological polar surface area (TPSA) is 89.0 Å². The van der Waals surface area contributed by atoms with Crippen LogP contribution in [0.5, 0.6) is 11.5 Å². The summed E-state index contributed by atoms with van der Waals surface area (Å²) in [7, 11) is 1.56. The number of methoxy groups -OCH3 is 1. The van der Waals surface area contributed by atoms with Crippen molar-refractivity contribution in [3.63, 3.8) is 0 Å². The van der Waals surface area contributed by atoms with E-state index in [-0.39, 0.29) is 17.4 Å². The highest BCUT2D eigenvalue weighted by atomic mass is 32.1. The van der Waals surface area contributed by atoms with Crippen molar-refractivity contribution >= 4 is 44.1 Å². The number of carbonyl (C=O) groups excluding carboxylic acids is 2. The van der Waals surface area contributed by atoms with Gasteiger partial charge in [0.2, 0.25) is 0 Å². The number of aliphatic hydroxyl groups is 1. The Labute approximate surface area is 224 Å². The summed E-state index contributed by atoms with van der Waals surface area (Å²) in [5.74, 6) is -0.376. The van der Waals surface area contributed by atoms with Crippen LogP contribution in [0.15, 0.2) is 60.2 Å². The van der Waals surface area contributed by atoms with E-state index in [1.807, 2.05) is 45.0 Å². The van der Waals surface area contributed by atoms with Gasteiger partial charge in [0, 0.05) is 12.0 Å². The van der Waals surface area contributed by atoms with Crippen molar-refractivity contribution in [3.05, 3.63) is 88.0 Å². The van der Waals surface area contributed by atoms with Crippen LogP contribution >= 0.6 is 11.3 Å². The van der Waals surface area contributed by atoms with E-state index in [9.17, 15) is 14.7 Å². The Bertz CT molecular complexity index is 1670. The zero-order chi connectivity index (χ0) is 26.7. The molecule has 3 aromatic carbocycles. The van der Waals surface area contributed by atoms with Crippen molar-refractivity contribution in [2.75, 3.05) is 12.0 Å². The van der Waals surface area contributed by atoms with Gasteiger partial charge in [-0.2, -0.15) is 0 Å². The fraction of sp³-hybridized carbons (Fsp3) is 0.233. The Hall–Kier alpha value is -4.17. The molecule has 2 aliphatic rings. The van der Waals surface area contributed by atoms with Crippen LogP contribution in [0.2, 0.25) is 0 Å². The Morgan fingerprint density at radius 3 is 2.74 bits per heavy atom. The Morgan fingerprint density at radius 2 is 1.95 bits per heavy atom. The molecule has 1 aromatic heterocycles. The maximum atomic E-state index is 13.6. The van der Waals surface area contributed by atoms with E-state index in [1.165, 1.54) is 16.2 Å². The van der Waals surface area contributed by atoms with Crippen LogP contribution in [-0.2, 0) is 16.0 Å². The van der Waals surface area contributed by atoms with Crippen molar-refractivity contribution in [3.8, 4) is 11.5 Å². The first-order valence-corrected chi connectivity index (χ1v) is 13.2. The van der Waals surface area contributed by atoms with Gasteiger partial charge in [-0.25, -0.2) is 4.98 Å². The second kappa shape index (κ2) is 8.99. The van der Waals surface area contributed by atoms with Crippen LogP contribution in [0.25, 0.3) is 16.0 Å². The average Bonchev–Trinajstić information content (AvgIpc) is 3.56. The molecule has 2 atom stereocenters. The van der Waals surface area contributed by atoms with E-state index in [0.717, 1.165) is 32.7 Å². The lowest BCUT2D eigenvalue weighted by molar-refractivity contribution is -0.132. The average molecular weight is 527 g/mol. The van der Waals surface area contributed by atoms with Crippen LogP contribution in [0.4, 0.5) is 5.13 Å². The number of Topliss-reactive ketones (excluding diaryl/α,β-unsaturated/α-hetero) is 1. The summed E-state index contributed by atoms with van der Waals surface area (Å²) in [6.45, 7) is 5.97. The first-order chi connectivity index (χ1) is 18.2. The van der Waals surface area contributed by atoms with Crippen molar-refractivity contribution in [2.45, 2.75) is 39.3 Å². The van der Waals surface area contributed by atoms with Crippen molar-refractivity contribution in [1.29, 1.82) is 0 Å². The summed E-state index contributed by atoms with van der Waals surface area (Å²) >= 11 is 1.35. The number of carbonyl (C=O) groups is 2. The van der Waals surface area contributed by atoms with Gasteiger partial charge < -0.3 is 14.6 Å². The van der Waals surface area contributed by atoms with Gasteiger partial charge in [0.15, 0.2) is 5.13 Å². The van der Waals surface area contributed by atoms with E-state index in [1.54, 1.807) is 37.4 Å². The van der Waals surface area contributed by atoms with Crippen LogP contribution in [0.3, 0.4) is 0 Å². The minimum absolute atomic E-state index is 0.0160. The van der Waals surface area contributed by atoms with E-state index < -0.39 is 17.7 Å². The fourth-order valence-electron chi connectivity index (χ4n) is 5.34. The number of fused-ring (bicyclic) bond motifs is 2. The van der Waals surface area contributed by atoms with E-state index in [0.29, 0.717) is 28.4 Å². The third kappa shape index (κ3) is 3.83. The van der Waals surface area contributed by atoms with Crippen molar-refractivity contribution < 1.29 is 24.2 Å². The molecule has 3 heterocycles. The van der Waals surface area contributed by atoms with Gasteiger partial charge in [-0.05, 0) is 79.4 Å². The summed E-state index contributed by atoms with van der Waals surface area (Å²) in [6, 6.07) is 15.7. The number of ether oxygens (including phenoxy) is 2. The molecule has 0 spiro atoms. The molecule has 0 radical (unpaired) electrons. The number of nitrogens with zero attached hydrogens (tertiary/aromatic N) is 2. The molecule has 38 heavy (non-hydrogen) atoms. The molecule has 0 aliphatic carbocycles. The Kier molecular flexibility index (Phi) is 5.72. The Morgan fingerprint density at radius 1 is 1.13 bits per heavy atom. The molecule has 1 amide bonds. The molecule has 2 aliphatic heterocycles. The zero-order valence-electron chi connectivity index (χ0n) is 21.4. The number of anilines is 1.